The first-order chi connectivity index (χ1) is 9.22. The van der Waals surface area contributed by atoms with Crippen molar-refractivity contribution in [1.29, 1.82) is 0 Å². The van der Waals surface area contributed by atoms with Crippen molar-refractivity contribution >= 4 is 15.9 Å². The maximum absolute atomic E-state index is 4.39. The normalized spacial score (nSPS) is 20.2. The molecule has 2 aromatic rings. The molecule has 1 aliphatic rings. The van der Waals surface area contributed by atoms with E-state index in [9.17, 15) is 0 Å². The Hall–Kier alpha value is -1.14. The van der Waals surface area contributed by atoms with Crippen LogP contribution in [-0.2, 0) is 13.5 Å². The van der Waals surface area contributed by atoms with Crippen LogP contribution in [0.3, 0.4) is 0 Å². The van der Waals surface area contributed by atoms with E-state index >= 15 is 0 Å². The van der Waals surface area contributed by atoms with Crippen molar-refractivity contribution in [2.45, 2.75) is 18.9 Å². The van der Waals surface area contributed by atoms with Gasteiger partial charge in [-0.15, -0.1) is 0 Å². The number of nitrogens with zero attached hydrogens (tertiary/aromatic N) is 5. The van der Waals surface area contributed by atoms with E-state index in [0.29, 0.717) is 6.04 Å². The van der Waals surface area contributed by atoms with Crippen LogP contribution in [0.4, 0.5) is 0 Å². The van der Waals surface area contributed by atoms with Gasteiger partial charge in [0.1, 0.15) is 0 Å². The first-order valence-corrected chi connectivity index (χ1v) is 7.40. The molecule has 19 heavy (non-hydrogen) atoms. The van der Waals surface area contributed by atoms with Gasteiger partial charge in [-0.05, 0) is 28.4 Å². The summed E-state index contributed by atoms with van der Waals surface area (Å²) in [6.45, 7) is 3.34. The molecule has 0 amide bonds. The third-order valence-electron chi connectivity index (χ3n) is 3.80. The van der Waals surface area contributed by atoms with Gasteiger partial charge in [0.05, 0.1) is 16.7 Å². The van der Waals surface area contributed by atoms with Crippen molar-refractivity contribution in [1.82, 2.24) is 24.5 Å². The van der Waals surface area contributed by atoms with Gasteiger partial charge >= 0.3 is 0 Å². The maximum Gasteiger partial charge on any atom is 0.0658 e. The summed E-state index contributed by atoms with van der Waals surface area (Å²) in [5.41, 5.74) is 1.30. The van der Waals surface area contributed by atoms with Crippen molar-refractivity contribution in [2.24, 2.45) is 7.05 Å². The zero-order valence-corrected chi connectivity index (χ0v) is 12.6. The van der Waals surface area contributed by atoms with Crippen LogP contribution in [0.15, 0.2) is 29.1 Å². The van der Waals surface area contributed by atoms with Gasteiger partial charge in [0.25, 0.3) is 0 Å². The molecule has 3 heterocycles. The Morgan fingerprint density at radius 1 is 1.42 bits per heavy atom. The van der Waals surface area contributed by atoms with E-state index in [1.807, 2.05) is 24.1 Å². The number of rotatable bonds is 4. The third kappa shape index (κ3) is 2.90. The molecule has 1 fully saturated rings. The number of likely N-dealkylation sites (tertiary alicyclic amines) is 1. The zero-order valence-electron chi connectivity index (χ0n) is 11.0. The number of hydrogen-bond donors (Lipinski definition) is 0. The second-order valence-electron chi connectivity index (χ2n) is 5.08. The molecule has 102 valence electrons. The van der Waals surface area contributed by atoms with Crippen LogP contribution in [0, 0.1) is 0 Å². The Morgan fingerprint density at radius 2 is 2.32 bits per heavy atom. The van der Waals surface area contributed by atoms with Gasteiger partial charge in [0.15, 0.2) is 0 Å². The quantitative estimate of drug-likeness (QED) is 0.862. The largest absolute Gasteiger partial charge is 0.301 e. The monoisotopic (exact) mass is 323 g/mol. The van der Waals surface area contributed by atoms with E-state index in [1.54, 1.807) is 0 Å². The van der Waals surface area contributed by atoms with Crippen LogP contribution in [0.25, 0.3) is 0 Å². The highest BCUT2D eigenvalue weighted by Crippen LogP contribution is 2.22. The molecule has 0 spiro atoms. The molecular weight excluding hydrogens is 306 g/mol. The van der Waals surface area contributed by atoms with Gasteiger partial charge < -0.3 is 4.90 Å². The van der Waals surface area contributed by atoms with E-state index in [2.05, 4.69) is 48.0 Å². The summed E-state index contributed by atoms with van der Waals surface area (Å²) in [4.78, 5) is 2.51. The molecule has 0 N–H and O–H groups in total. The molecule has 0 aliphatic carbocycles. The molecule has 5 nitrogen and oxygen atoms in total. The summed E-state index contributed by atoms with van der Waals surface area (Å²) < 4.78 is 5.09. The standard InChI is InChI=1S/C13H18BrN5/c1-17-12(2-5-15-17)3-6-18-7-4-13(10-18)19-9-11(14)8-16-19/h2,5,8-9,13H,3-4,6-7,10H2,1H3. The average Bonchev–Trinajstić information content (AvgIpc) is 3.08. The van der Waals surface area contributed by atoms with Crippen molar-refractivity contribution in [3.8, 4) is 0 Å². The number of aryl methyl sites for hydroxylation is 1. The van der Waals surface area contributed by atoms with E-state index in [1.165, 1.54) is 12.1 Å². The second kappa shape index (κ2) is 5.46. The van der Waals surface area contributed by atoms with E-state index < -0.39 is 0 Å². The maximum atomic E-state index is 4.39. The lowest BCUT2D eigenvalue weighted by Gasteiger charge is -2.16. The van der Waals surface area contributed by atoms with Crippen LogP contribution in [-0.4, -0.2) is 44.1 Å². The van der Waals surface area contributed by atoms with Crippen molar-refractivity contribution in [3.05, 3.63) is 34.8 Å². The van der Waals surface area contributed by atoms with Gasteiger partial charge in [0, 0.05) is 51.2 Å². The van der Waals surface area contributed by atoms with E-state index in [-0.39, 0.29) is 0 Å². The predicted molar refractivity (Wildman–Crippen MR) is 76.9 cm³/mol. The highest BCUT2D eigenvalue weighted by molar-refractivity contribution is 9.10. The van der Waals surface area contributed by atoms with Gasteiger partial charge in [-0.2, -0.15) is 10.2 Å². The second-order valence-corrected chi connectivity index (χ2v) is 5.99. The molecule has 1 unspecified atom stereocenters. The Kier molecular flexibility index (Phi) is 3.70. The summed E-state index contributed by atoms with van der Waals surface area (Å²) in [7, 11) is 2.00. The first-order valence-electron chi connectivity index (χ1n) is 6.61. The van der Waals surface area contributed by atoms with Crippen molar-refractivity contribution in [3.63, 3.8) is 0 Å². The lowest BCUT2D eigenvalue weighted by molar-refractivity contribution is 0.320. The molecule has 1 saturated heterocycles. The third-order valence-corrected chi connectivity index (χ3v) is 4.21. The molecule has 1 aliphatic heterocycles. The zero-order chi connectivity index (χ0) is 13.2. The fourth-order valence-electron chi connectivity index (χ4n) is 2.66. The van der Waals surface area contributed by atoms with Crippen molar-refractivity contribution < 1.29 is 0 Å². The Balaban J connectivity index is 1.53. The van der Waals surface area contributed by atoms with Crippen LogP contribution < -0.4 is 0 Å². The number of hydrogen-bond acceptors (Lipinski definition) is 3. The number of aromatic nitrogens is 4. The lowest BCUT2D eigenvalue weighted by atomic mass is 10.3. The summed E-state index contributed by atoms with van der Waals surface area (Å²) in [5, 5.41) is 8.59. The molecule has 0 radical (unpaired) electrons. The van der Waals surface area contributed by atoms with Crippen LogP contribution in [0.5, 0.6) is 0 Å². The summed E-state index contributed by atoms with van der Waals surface area (Å²) in [5.74, 6) is 0. The average molecular weight is 324 g/mol. The van der Waals surface area contributed by atoms with Crippen LogP contribution in [0.1, 0.15) is 18.2 Å². The molecule has 1 atom stereocenters. The SMILES string of the molecule is Cn1nccc1CCN1CCC(n2cc(Br)cn2)C1. The molecule has 0 saturated carbocycles. The Labute approximate surface area is 121 Å². The highest BCUT2D eigenvalue weighted by atomic mass is 79.9. The van der Waals surface area contributed by atoms with E-state index in [4.69, 9.17) is 0 Å². The topological polar surface area (TPSA) is 38.9 Å². The van der Waals surface area contributed by atoms with E-state index in [0.717, 1.165) is 30.5 Å². The lowest BCUT2D eigenvalue weighted by Crippen LogP contribution is -2.24. The van der Waals surface area contributed by atoms with Gasteiger partial charge in [-0.25, -0.2) is 0 Å². The summed E-state index contributed by atoms with van der Waals surface area (Å²) >= 11 is 3.45. The smallest absolute Gasteiger partial charge is 0.0658 e. The fraction of sp³-hybridized carbons (Fsp3) is 0.538. The highest BCUT2D eigenvalue weighted by Gasteiger charge is 2.24. The Morgan fingerprint density at radius 3 is 3.00 bits per heavy atom. The Bertz CT molecular complexity index is 547. The minimum atomic E-state index is 0.512. The first kappa shape index (κ1) is 12.9. The van der Waals surface area contributed by atoms with Crippen LogP contribution in [0.2, 0.25) is 0 Å². The minimum Gasteiger partial charge on any atom is -0.301 e. The molecule has 3 rings (SSSR count). The van der Waals surface area contributed by atoms with Crippen LogP contribution >= 0.6 is 15.9 Å². The number of halogens is 1. The van der Waals surface area contributed by atoms with Gasteiger partial charge in [0.2, 0.25) is 0 Å². The fourth-order valence-corrected chi connectivity index (χ4v) is 2.97. The van der Waals surface area contributed by atoms with Crippen molar-refractivity contribution in [2.75, 3.05) is 19.6 Å². The predicted octanol–water partition coefficient (Wildman–Crippen LogP) is 1.87. The summed E-state index contributed by atoms with van der Waals surface area (Å²) in [6.07, 6.45) is 8.03. The molecular formula is C13H18BrN5. The van der Waals surface area contributed by atoms with Gasteiger partial charge in [-0.3, -0.25) is 9.36 Å². The molecule has 2 aromatic heterocycles. The molecule has 6 heteroatoms. The summed E-state index contributed by atoms with van der Waals surface area (Å²) in [6, 6.07) is 2.61. The minimum absolute atomic E-state index is 0.512. The molecule has 0 bridgehead atoms. The molecule has 0 aromatic carbocycles. The van der Waals surface area contributed by atoms with Gasteiger partial charge in [-0.1, -0.05) is 0 Å².